The molecule has 6 heteroatoms. The molecule has 0 aliphatic carbocycles. The Labute approximate surface area is 125 Å². The van der Waals surface area contributed by atoms with Gasteiger partial charge < -0.3 is 10.6 Å². The van der Waals surface area contributed by atoms with Gasteiger partial charge in [0.25, 0.3) is 0 Å². The van der Waals surface area contributed by atoms with E-state index in [1.54, 1.807) is 12.1 Å². The molecule has 2 aliphatic rings. The molecule has 2 amide bonds. The zero-order valence-corrected chi connectivity index (χ0v) is 11.5. The lowest BCUT2D eigenvalue weighted by Crippen LogP contribution is -2.03. The van der Waals surface area contributed by atoms with E-state index in [0.29, 0.717) is 12.8 Å². The van der Waals surface area contributed by atoms with Gasteiger partial charge in [0.1, 0.15) is 11.6 Å². The lowest BCUT2D eigenvalue weighted by atomic mass is 10.2. The summed E-state index contributed by atoms with van der Waals surface area (Å²) in [4.78, 5) is 21.6. The Morgan fingerprint density at radius 1 is 0.727 bits per heavy atom. The fourth-order valence-electron chi connectivity index (χ4n) is 2.40. The molecule has 0 aromatic heterocycles. The van der Waals surface area contributed by atoms with Gasteiger partial charge in [-0.25, -0.2) is 8.78 Å². The Morgan fingerprint density at radius 3 is 1.55 bits per heavy atom. The molecular formula is C16H12F2N2O2. The molecule has 0 atom stereocenters. The van der Waals surface area contributed by atoms with Crippen LogP contribution >= 0.6 is 0 Å². The number of halogens is 2. The quantitative estimate of drug-likeness (QED) is 0.786. The zero-order valence-electron chi connectivity index (χ0n) is 11.5. The third kappa shape index (κ3) is 2.95. The van der Waals surface area contributed by atoms with Crippen molar-refractivity contribution in [3.05, 3.63) is 59.2 Å². The minimum Gasteiger partial charge on any atom is -0.326 e. The van der Waals surface area contributed by atoms with E-state index in [0.717, 1.165) is 22.5 Å². The van der Waals surface area contributed by atoms with Crippen LogP contribution in [0, 0.1) is 11.6 Å². The number of anilines is 2. The third-order valence-corrected chi connectivity index (χ3v) is 3.38. The van der Waals surface area contributed by atoms with Gasteiger partial charge in [-0.2, -0.15) is 0 Å². The van der Waals surface area contributed by atoms with Crippen LogP contribution in [-0.2, 0) is 22.4 Å². The number of benzene rings is 2. The smallest absolute Gasteiger partial charge is 0.228 e. The fourth-order valence-corrected chi connectivity index (χ4v) is 2.40. The largest absolute Gasteiger partial charge is 0.326 e. The zero-order chi connectivity index (χ0) is 15.7. The fraction of sp³-hybridized carbons (Fsp3) is 0.125. The molecule has 2 heterocycles. The van der Waals surface area contributed by atoms with E-state index in [1.165, 1.54) is 24.3 Å². The summed E-state index contributed by atoms with van der Waals surface area (Å²) in [7, 11) is 0. The van der Waals surface area contributed by atoms with E-state index < -0.39 is 0 Å². The van der Waals surface area contributed by atoms with Crippen molar-refractivity contribution in [1.82, 2.24) is 0 Å². The maximum Gasteiger partial charge on any atom is 0.228 e. The maximum atomic E-state index is 12.5. The van der Waals surface area contributed by atoms with E-state index >= 15 is 0 Å². The molecule has 0 spiro atoms. The van der Waals surface area contributed by atoms with Crippen molar-refractivity contribution in [2.45, 2.75) is 12.8 Å². The lowest BCUT2D eigenvalue weighted by Gasteiger charge is -1.95. The van der Waals surface area contributed by atoms with Gasteiger partial charge in [-0.05, 0) is 47.5 Å². The van der Waals surface area contributed by atoms with Gasteiger partial charge in [0.15, 0.2) is 0 Å². The van der Waals surface area contributed by atoms with Crippen LogP contribution in [0.2, 0.25) is 0 Å². The van der Waals surface area contributed by atoms with Gasteiger partial charge in [-0.3, -0.25) is 9.59 Å². The van der Waals surface area contributed by atoms with Crippen LogP contribution in [0.15, 0.2) is 36.4 Å². The Balaban J connectivity index is 0.000000131. The summed E-state index contributed by atoms with van der Waals surface area (Å²) in [5, 5.41) is 5.24. The molecule has 2 aromatic carbocycles. The first kappa shape index (κ1) is 14.2. The topological polar surface area (TPSA) is 58.2 Å². The number of hydrogen-bond acceptors (Lipinski definition) is 2. The van der Waals surface area contributed by atoms with E-state index in [-0.39, 0.29) is 23.4 Å². The predicted octanol–water partition coefficient (Wildman–Crippen LogP) is 2.64. The number of carbonyl (C=O) groups excluding carboxylic acids is 2. The van der Waals surface area contributed by atoms with Crippen LogP contribution in [0.4, 0.5) is 20.2 Å². The van der Waals surface area contributed by atoms with Crippen LogP contribution in [0.5, 0.6) is 0 Å². The van der Waals surface area contributed by atoms with E-state index in [4.69, 9.17) is 0 Å². The minimum absolute atomic E-state index is 0.0643. The molecule has 2 aliphatic heterocycles. The molecule has 0 bridgehead atoms. The van der Waals surface area contributed by atoms with Crippen molar-refractivity contribution < 1.29 is 18.4 Å². The van der Waals surface area contributed by atoms with Crippen LogP contribution in [-0.4, -0.2) is 11.8 Å². The average molecular weight is 302 g/mol. The summed E-state index contributed by atoms with van der Waals surface area (Å²) in [6.45, 7) is 0. The molecule has 0 radical (unpaired) electrons. The van der Waals surface area contributed by atoms with E-state index in [9.17, 15) is 18.4 Å². The van der Waals surface area contributed by atoms with Crippen molar-refractivity contribution in [2.75, 3.05) is 10.6 Å². The molecule has 0 unspecified atom stereocenters. The molecule has 0 saturated heterocycles. The summed E-state index contributed by atoms with van der Waals surface area (Å²) in [5.41, 5.74) is 2.96. The second kappa shape index (κ2) is 5.55. The highest BCUT2D eigenvalue weighted by Gasteiger charge is 2.17. The Kier molecular flexibility index (Phi) is 3.58. The maximum absolute atomic E-state index is 12.5. The van der Waals surface area contributed by atoms with Gasteiger partial charge in [-0.15, -0.1) is 0 Å². The second-order valence-corrected chi connectivity index (χ2v) is 5.05. The Hall–Kier alpha value is -2.76. The van der Waals surface area contributed by atoms with Gasteiger partial charge >= 0.3 is 0 Å². The van der Waals surface area contributed by atoms with E-state index in [1.807, 2.05) is 0 Å². The first-order chi connectivity index (χ1) is 10.5. The van der Waals surface area contributed by atoms with Gasteiger partial charge in [0, 0.05) is 11.4 Å². The van der Waals surface area contributed by atoms with Crippen molar-refractivity contribution in [1.29, 1.82) is 0 Å². The summed E-state index contributed by atoms with van der Waals surface area (Å²) in [6, 6.07) is 8.60. The van der Waals surface area contributed by atoms with Crippen LogP contribution in [0.1, 0.15) is 11.1 Å². The highest BCUT2D eigenvalue weighted by atomic mass is 19.1. The van der Waals surface area contributed by atoms with Gasteiger partial charge in [-0.1, -0.05) is 0 Å². The molecular weight excluding hydrogens is 290 g/mol. The number of hydrogen-bond donors (Lipinski definition) is 2. The third-order valence-electron chi connectivity index (χ3n) is 3.38. The lowest BCUT2D eigenvalue weighted by molar-refractivity contribution is -0.115. The predicted molar refractivity (Wildman–Crippen MR) is 77.5 cm³/mol. The average Bonchev–Trinajstić information content (AvgIpc) is 2.99. The van der Waals surface area contributed by atoms with Crippen LogP contribution in [0.25, 0.3) is 0 Å². The number of amides is 2. The molecule has 4 rings (SSSR count). The summed E-state index contributed by atoms with van der Waals surface area (Å²) < 4.78 is 25.1. The van der Waals surface area contributed by atoms with Crippen molar-refractivity contribution >= 4 is 23.2 Å². The highest BCUT2D eigenvalue weighted by Crippen LogP contribution is 2.23. The number of nitrogens with one attached hydrogen (secondary N) is 2. The number of fused-ring (bicyclic) bond motifs is 2. The normalized spacial score (nSPS) is 14.5. The molecule has 4 nitrogen and oxygen atoms in total. The standard InChI is InChI=1S/2C8H6FNO/c2*9-6-1-2-7-5(3-6)4-8(11)10-7/h2*1-3H,4H2,(H,10,11). The van der Waals surface area contributed by atoms with Crippen LogP contribution in [0.3, 0.4) is 0 Å². The van der Waals surface area contributed by atoms with E-state index in [2.05, 4.69) is 10.6 Å². The first-order valence-electron chi connectivity index (χ1n) is 6.68. The minimum atomic E-state index is -0.291. The van der Waals surface area contributed by atoms with Crippen molar-refractivity contribution in [3.8, 4) is 0 Å². The highest BCUT2D eigenvalue weighted by molar-refractivity contribution is 5.99. The monoisotopic (exact) mass is 302 g/mol. The molecule has 2 N–H and O–H groups in total. The first-order valence-corrected chi connectivity index (χ1v) is 6.68. The van der Waals surface area contributed by atoms with Crippen LogP contribution < -0.4 is 10.6 Å². The molecule has 0 saturated carbocycles. The summed E-state index contributed by atoms with van der Waals surface area (Å²) >= 11 is 0. The second-order valence-electron chi connectivity index (χ2n) is 5.05. The number of carbonyl (C=O) groups is 2. The summed E-state index contributed by atoms with van der Waals surface area (Å²) in [5.74, 6) is -0.711. The van der Waals surface area contributed by atoms with Gasteiger partial charge in [0.05, 0.1) is 12.8 Å². The molecule has 2 aromatic rings. The summed E-state index contributed by atoms with van der Waals surface area (Å²) in [6.07, 6.45) is 0.597. The molecule has 22 heavy (non-hydrogen) atoms. The van der Waals surface area contributed by atoms with Crippen molar-refractivity contribution in [3.63, 3.8) is 0 Å². The number of rotatable bonds is 0. The SMILES string of the molecule is O=C1Cc2cc(F)ccc2N1.O=C1Cc2cc(F)ccc2N1. The Morgan fingerprint density at radius 2 is 1.14 bits per heavy atom. The van der Waals surface area contributed by atoms with Gasteiger partial charge in [0.2, 0.25) is 11.8 Å². The van der Waals surface area contributed by atoms with Crippen molar-refractivity contribution in [2.24, 2.45) is 0 Å². The Bertz CT molecular complexity index is 709. The molecule has 112 valence electrons. The molecule has 0 fully saturated rings.